The summed E-state index contributed by atoms with van der Waals surface area (Å²) < 4.78 is 21.6. The summed E-state index contributed by atoms with van der Waals surface area (Å²) in [6, 6.07) is 28.3. The van der Waals surface area contributed by atoms with Gasteiger partial charge in [-0.3, -0.25) is 14.4 Å². The van der Waals surface area contributed by atoms with E-state index in [1.807, 2.05) is 36.4 Å². The summed E-state index contributed by atoms with van der Waals surface area (Å²) in [5.41, 5.74) is 3.29. The van der Waals surface area contributed by atoms with Gasteiger partial charge in [0.2, 0.25) is 5.91 Å². The zero-order valence-electron chi connectivity index (χ0n) is 32.2. The van der Waals surface area contributed by atoms with Crippen LogP contribution in [-0.2, 0) is 27.2 Å². The summed E-state index contributed by atoms with van der Waals surface area (Å²) in [4.78, 5) is 56.4. The standard InChI is InChI=1S/C44H43N3O8S2/c1-26-19-20-32-37(21-26)57-43(38(32)44(51)55-5)47-42(50)39(27-13-8-6-9-14-27)56-31-18-12-17-30(24-31)45-41(49)33(46-40(48)28-15-10-7-11-16-28)22-29-23-35(53-3)36(54-4)25-34(29)52-2/h6-18,22-26,39H,19-21H2,1-5H3,(H,45,49)(H,46,48)(H,47,50)/b33-22+. The van der Waals surface area contributed by atoms with E-state index in [1.54, 1.807) is 60.7 Å². The normalized spacial score (nSPS) is 14.1. The zero-order chi connectivity index (χ0) is 40.5. The predicted octanol–water partition coefficient (Wildman–Crippen LogP) is 8.57. The van der Waals surface area contributed by atoms with Crippen LogP contribution in [0.2, 0.25) is 0 Å². The Labute approximate surface area is 339 Å². The van der Waals surface area contributed by atoms with Gasteiger partial charge in [0, 0.05) is 32.7 Å². The lowest BCUT2D eigenvalue weighted by Crippen LogP contribution is -2.30. The number of benzene rings is 4. The van der Waals surface area contributed by atoms with Gasteiger partial charge in [0.1, 0.15) is 21.7 Å². The summed E-state index contributed by atoms with van der Waals surface area (Å²) >= 11 is 2.73. The minimum Gasteiger partial charge on any atom is -0.496 e. The van der Waals surface area contributed by atoms with Gasteiger partial charge in [-0.05, 0) is 78.8 Å². The number of methoxy groups -OCH3 is 4. The Morgan fingerprint density at radius 2 is 1.49 bits per heavy atom. The van der Waals surface area contributed by atoms with E-state index >= 15 is 0 Å². The number of nitrogens with one attached hydrogen (secondary N) is 3. The second-order valence-electron chi connectivity index (χ2n) is 13.3. The fourth-order valence-electron chi connectivity index (χ4n) is 6.48. The van der Waals surface area contributed by atoms with Gasteiger partial charge < -0.3 is 34.9 Å². The molecule has 0 spiro atoms. The molecule has 4 aromatic carbocycles. The fraction of sp³-hybridized carbons (Fsp3) is 0.227. The van der Waals surface area contributed by atoms with Crippen LogP contribution in [0.25, 0.3) is 6.08 Å². The molecule has 294 valence electrons. The molecule has 1 heterocycles. The van der Waals surface area contributed by atoms with E-state index in [9.17, 15) is 19.2 Å². The minimum absolute atomic E-state index is 0.0663. The lowest BCUT2D eigenvalue weighted by molar-refractivity contribution is -0.116. The molecule has 2 atom stereocenters. The highest BCUT2D eigenvalue weighted by Crippen LogP contribution is 2.43. The van der Waals surface area contributed by atoms with E-state index in [0.717, 1.165) is 35.3 Å². The summed E-state index contributed by atoms with van der Waals surface area (Å²) in [6.07, 6.45) is 4.04. The average Bonchev–Trinajstić information content (AvgIpc) is 3.59. The Morgan fingerprint density at radius 3 is 2.18 bits per heavy atom. The van der Waals surface area contributed by atoms with Crippen molar-refractivity contribution < 1.29 is 38.1 Å². The molecule has 13 heteroatoms. The second kappa shape index (κ2) is 18.7. The van der Waals surface area contributed by atoms with Crippen LogP contribution in [0.4, 0.5) is 10.7 Å². The predicted molar refractivity (Wildman–Crippen MR) is 224 cm³/mol. The number of esters is 1. The highest BCUT2D eigenvalue weighted by molar-refractivity contribution is 8.00. The molecule has 3 N–H and O–H groups in total. The molecule has 11 nitrogen and oxygen atoms in total. The molecule has 0 radical (unpaired) electrons. The molecule has 0 aliphatic heterocycles. The number of rotatable bonds is 14. The monoisotopic (exact) mass is 805 g/mol. The Bertz CT molecular complexity index is 2290. The minimum atomic E-state index is -0.723. The lowest BCUT2D eigenvalue weighted by Gasteiger charge is -2.18. The first-order valence-electron chi connectivity index (χ1n) is 18.2. The van der Waals surface area contributed by atoms with E-state index in [0.29, 0.717) is 55.4 Å². The largest absolute Gasteiger partial charge is 0.496 e. The summed E-state index contributed by atoms with van der Waals surface area (Å²) in [7, 11) is 5.83. The van der Waals surface area contributed by atoms with Crippen molar-refractivity contribution in [3.05, 3.63) is 135 Å². The van der Waals surface area contributed by atoms with E-state index < -0.39 is 23.0 Å². The van der Waals surface area contributed by atoms with Crippen molar-refractivity contribution in [2.45, 2.75) is 36.3 Å². The first-order valence-corrected chi connectivity index (χ1v) is 19.9. The van der Waals surface area contributed by atoms with Crippen molar-refractivity contribution >= 4 is 63.6 Å². The van der Waals surface area contributed by atoms with Gasteiger partial charge in [-0.1, -0.05) is 61.5 Å². The van der Waals surface area contributed by atoms with Crippen molar-refractivity contribution in [1.82, 2.24) is 5.32 Å². The quantitative estimate of drug-likeness (QED) is 0.0572. The molecular formula is C44H43N3O8S2. The van der Waals surface area contributed by atoms with Crippen LogP contribution in [0.5, 0.6) is 17.2 Å². The highest BCUT2D eigenvalue weighted by atomic mass is 32.2. The Balaban J connectivity index is 1.29. The fourth-order valence-corrected chi connectivity index (χ4v) is 8.97. The van der Waals surface area contributed by atoms with Crippen LogP contribution in [-0.4, -0.2) is 52.1 Å². The molecule has 0 fully saturated rings. The number of fused-ring (bicyclic) bond motifs is 1. The number of thiophene rings is 1. The first kappa shape index (κ1) is 40.6. The van der Waals surface area contributed by atoms with E-state index in [4.69, 9.17) is 18.9 Å². The maximum absolute atomic E-state index is 14.2. The molecule has 57 heavy (non-hydrogen) atoms. The molecule has 0 saturated carbocycles. The lowest BCUT2D eigenvalue weighted by atomic mass is 9.88. The zero-order valence-corrected chi connectivity index (χ0v) is 33.8. The number of hydrogen-bond donors (Lipinski definition) is 3. The molecule has 1 aliphatic carbocycles. The first-order chi connectivity index (χ1) is 27.6. The maximum atomic E-state index is 14.2. The molecule has 0 bridgehead atoms. The van der Waals surface area contributed by atoms with Crippen LogP contribution >= 0.6 is 23.1 Å². The van der Waals surface area contributed by atoms with E-state index in [1.165, 1.54) is 57.6 Å². The number of carbonyl (C=O) groups is 4. The van der Waals surface area contributed by atoms with Crippen molar-refractivity contribution in [3.63, 3.8) is 0 Å². The maximum Gasteiger partial charge on any atom is 0.341 e. The SMILES string of the molecule is COC(=O)c1c(NC(=O)C(Sc2cccc(NC(=O)/C(=C\c3cc(OC)c(OC)cc3OC)NC(=O)c3ccccc3)c2)c2ccccc2)sc2c1CCC(C)C2. The Kier molecular flexibility index (Phi) is 13.3. The van der Waals surface area contributed by atoms with Crippen molar-refractivity contribution in [1.29, 1.82) is 0 Å². The van der Waals surface area contributed by atoms with E-state index in [-0.39, 0.29) is 11.6 Å². The van der Waals surface area contributed by atoms with Gasteiger partial charge in [0.15, 0.2) is 11.5 Å². The summed E-state index contributed by atoms with van der Waals surface area (Å²) in [5, 5.41) is 8.49. The number of carbonyl (C=O) groups excluding carboxylic acids is 4. The topological polar surface area (TPSA) is 141 Å². The molecule has 0 saturated heterocycles. The molecule has 3 amide bonds. The van der Waals surface area contributed by atoms with Gasteiger partial charge in [0.25, 0.3) is 11.8 Å². The number of thioether (sulfide) groups is 1. The van der Waals surface area contributed by atoms with Crippen LogP contribution in [0, 0.1) is 5.92 Å². The average molecular weight is 806 g/mol. The second-order valence-corrected chi connectivity index (χ2v) is 15.5. The summed E-state index contributed by atoms with van der Waals surface area (Å²) in [6.45, 7) is 2.19. The third-order valence-electron chi connectivity index (χ3n) is 9.39. The molecule has 1 aliphatic rings. The van der Waals surface area contributed by atoms with E-state index in [2.05, 4.69) is 22.9 Å². The van der Waals surface area contributed by atoms with Gasteiger partial charge >= 0.3 is 5.97 Å². The number of ether oxygens (including phenoxy) is 4. The van der Waals surface area contributed by atoms with Gasteiger partial charge in [-0.25, -0.2) is 4.79 Å². The van der Waals surface area contributed by atoms with Gasteiger partial charge in [0.05, 0.1) is 34.0 Å². The van der Waals surface area contributed by atoms with Crippen LogP contribution < -0.4 is 30.2 Å². The molecule has 5 aromatic rings. The number of anilines is 2. The molecule has 2 unspecified atom stereocenters. The van der Waals surface area contributed by atoms with Crippen LogP contribution in [0.3, 0.4) is 0 Å². The summed E-state index contributed by atoms with van der Waals surface area (Å²) in [5.74, 6) is -0.197. The van der Waals surface area contributed by atoms with Crippen molar-refractivity contribution in [2.24, 2.45) is 5.92 Å². The highest BCUT2D eigenvalue weighted by Gasteiger charge is 2.31. The molecule has 6 rings (SSSR count). The smallest absolute Gasteiger partial charge is 0.341 e. The molecular weight excluding hydrogens is 763 g/mol. The van der Waals surface area contributed by atoms with Crippen molar-refractivity contribution in [3.8, 4) is 17.2 Å². The third kappa shape index (κ3) is 9.68. The van der Waals surface area contributed by atoms with Gasteiger partial charge in [-0.15, -0.1) is 23.1 Å². The Hall–Kier alpha value is -6.05. The Morgan fingerprint density at radius 1 is 0.807 bits per heavy atom. The van der Waals surface area contributed by atoms with Gasteiger partial charge in [-0.2, -0.15) is 0 Å². The number of amides is 3. The van der Waals surface area contributed by atoms with Crippen LogP contribution in [0.1, 0.15) is 60.9 Å². The third-order valence-corrected chi connectivity index (χ3v) is 11.8. The van der Waals surface area contributed by atoms with Crippen molar-refractivity contribution in [2.75, 3.05) is 39.1 Å². The molecule has 1 aromatic heterocycles. The van der Waals surface area contributed by atoms with Crippen LogP contribution in [0.15, 0.2) is 108 Å². The number of hydrogen-bond acceptors (Lipinski definition) is 10.